The van der Waals surface area contributed by atoms with E-state index in [1.165, 1.54) is 20.7 Å². The average Bonchev–Trinajstić information content (AvgIpc) is 4.05. The Hall–Kier alpha value is -4.79. The molecule has 6 rings (SSSR count). The van der Waals surface area contributed by atoms with Crippen LogP contribution in [0.3, 0.4) is 0 Å². The third-order valence-electron chi connectivity index (χ3n) is 17.5. The molecule has 4 aromatic carbocycles. The zero-order chi connectivity index (χ0) is 59.8. The van der Waals surface area contributed by atoms with Crippen LogP contribution in [0.15, 0.2) is 181 Å². The van der Waals surface area contributed by atoms with Gasteiger partial charge in [0.05, 0.1) is 18.8 Å². The number of hydrogen-bond acceptors (Lipinski definition) is 7. The standard InChI is InChI=1S/C71H100O7Si3/c1-52(34-32-33-43-63(54(3)46-53(2)50-72)78-81(70(15,16)17,61-39-28-22-29-40-61)62-41-30-23-31-42-62)44-45-64(77-79(18,19)68(9,10)11)55(4)47-58-48-57(56(5)49-71(58)65(73)75-66(76-71)67(6,7)8)51-74-80(69(12,13)14,59-35-24-20-25-36-59)60-37-26-21-27-38-60/h20-44,47-48,50,53-54,56,58,63-64,66H,45-46,49,51H2,1-19H3/b34-32+,43-33+,52-44+,55-47+/t53-,54-,56+,58-,63+,64-,66-,71-/m0/s1. The van der Waals surface area contributed by atoms with Crippen molar-refractivity contribution in [2.24, 2.45) is 29.1 Å². The van der Waals surface area contributed by atoms with E-state index in [9.17, 15) is 9.59 Å². The molecule has 0 aromatic heterocycles. The summed E-state index contributed by atoms with van der Waals surface area (Å²) in [6.07, 6.45) is 17.0. The van der Waals surface area contributed by atoms with Gasteiger partial charge < -0.3 is 27.5 Å². The Bertz CT molecular complexity index is 2770. The highest BCUT2D eigenvalue weighted by atomic mass is 28.4. The Morgan fingerprint density at radius 1 is 0.691 bits per heavy atom. The van der Waals surface area contributed by atoms with Crippen molar-refractivity contribution in [3.8, 4) is 0 Å². The Morgan fingerprint density at radius 2 is 1.17 bits per heavy atom. The molecular weight excluding hydrogens is 1050 g/mol. The molecule has 81 heavy (non-hydrogen) atoms. The second kappa shape index (κ2) is 26.4. The fourth-order valence-corrected chi connectivity index (χ4v) is 22.4. The van der Waals surface area contributed by atoms with Crippen LogP contribution in [0.1, 0.15) is 137 Å². The van der Waals surface area contributed by atoms with E-state index in [0.29, 0.717) is 25.9 Å². The molecule has 1 saturated heterocycles. The van der Waals surface area contributed by atoms with Gasteiger partial charge in [-0.05, 0) is 105 Å². The number of ether oxygens (including phenoxy) is 2. The van der Waals surface area contributed by atoms with E-state index in [1.54, 1.807) is 0 Å². The van der Waals surface area contributed by atoms with Crippen LogP contribution in [0.4, 0.5) is 0 Å². The smallest absolute Gasteiger partial charge is 0.341 e. The first-order valence-corrected chi connectivity index (χ1v) is 36.5. The van der Waals surface area contributed by atoms with Crippen LogP contribution in [-0.2, 0) is 32.3 Å². The maximum Gasteiger partial charge on any atom is 0.341 e. The second-order valence-corrected chi connectivity index (χ2v) is 41.5. The van der Waals surface area contributed by atoms with Gasteiger partial charge >= 0.3 is 5.97 Å². The SMILES string of the molecule is CC(/C=C/C=C/[C@@H](O[Si](c1ccccc1)(c1ccccc1)C(C)(C)C)[C@@H](C)C[C@H](C)C=O)=C\C[C@H](O[Si](C)(C)C(C)(C)C)/C(C)=C/[C@H]1C=C(CO[Si](c2ccccc2)(c2ccccc2)C(C)(C)C)[C@H](C)C[C@]12O[C@@H](C(C)(C)C)OC2=O. The summed E-state index contributed by atoms with van der Waals surface area (Å²) in [5, 5.41) is 4.44. The van der Waals surface area contributed by atoms with Gasteiger partial charge in [0.2, 0.25) is 6.29 Å². The minimum Gasteiger partial charge on any atom is -0.433 e. The van der Waals surface area contributed by atoms with E-state index in [1.807, 2.05) is 6.92 Å². The van der Waals surface area contributed by atoms with Crippen molar-refractivity contribution in [3.05, 3.63) is 181 Å². The van der Waals surface area contributed by atoms with Crippen molar-refractivity contribution in [1.29, 1.82) is 0 Å². The molecule has 0 unspecified atom stereocenters. The van der Waals surface area contributed by atoms with Gasteiger partial charge in [-0.25, -0.2) is 4.79 Å². The largest absolute Gasteiger partial charge is 0.433 e. The normalized spacial score (nSPS) is 21.7. The van der Waals surface area contributed by atoms with E-state index in [-0.39, 0.29) is 51.0 Å². The summed E-state index contributed by atoms with van der Waals surface area (Å²) >= 11 is 0. The molecule has 0 radical (unpaired) electrons. The summed E-state index contributed by atoms with van der Waals surface area (Å²) in [5.74, 6) is -0.806. The molecule has 10 heteroatoms. The van der Waals surface area contributed by atoms with Crippen molar-refractivity contribution in [1.82, 2.24) is 0 Å². The van der Waals surface area contributed by atoms with Gasteiger partial charge in [-0.15, -0.1) is 0 Å². The Labute approximate surface area is 493 Å². The number of esters is 1. The lowest BCUT2D eigenvalue weighted by Gasteiger charge is -2.46. The topological polar surface area (TPSA) is 80.3 Å². The molecule has 1 aliphatic heterocycles. The average molecular weight is 1150 g/mol. The first-order chi connectivity index (χ1) is 37.8. The molecule has 2 aliphatic rings. The molecule has 0 N–H and O–H groups in total. The van der Waals surface area contributed by atoms with E-state index in [4.69, 9.17) is 22.8 Å². The Morgan fingerprint density at radius 3 is 1.60 bits per heavy atom. The predicted octanol–water partition coefficient (Wildman–Crippen LogP) is 15.4. The van der Waals surface area contributed by atoms with E-state index < -0.39 is 48.2 Å². The predicted molar refractivity (Wildman–Crippen MR) is 346 cm³/mol. The lowest BCUT2D eigenvalue weighted by atomic mass is 9.71. The molecule has 1 fully saturated rings. The quantitative estimate of drug-likeness (QED) is 0.0255. The summed E-state index contributed by atoms with van der Waals surface area (Å²) in [7, 11) is -8.14. The van der Waals surface area contributed by atoms with Crippen molar-refractivity contribution in [2.45, 2.75) is 189 Å². The lowest BCUT2D eigenvalue weighted by molar-refractivity contribution is -0.158. The summed E-state index contributed by atoms with van der Waals surface area (Å²) in [4.78, 5) is 26.7. The van der Waals surface area contributed by atoms with E-state index >= 15 is 0 Å². The van der Waals surface area contributed by atoms with Crippen LogP contribution in [-0.4, -0.2) is 67.9 Å². The molecule has 0 bridgehead atoms. The third kappa shape index (κ3) is 14.9. The monoisotopic (exact) mass is 1150 g/mol. The first-order valence-electron chi connectivity index (χ1n) is 29.8. The van der Waals surface area contributed by atoms with Crippen LogP contribution in [0, 0.1) is 29.1 Å². The van der Waals surface area contributed by atoms with Crippen molar-refractivity contribution in [2.75, 3.05) is 6.61 Å². The zero-order valence-corrected chi connectivity index (χ0v) is 55.9. The van der Waals surface area contributed by atoms with Crippen molar-refractivity contribution in [3.63, 3.8) is 0 Å². The van der Waals surface area contributed by atoms with Gasteiger partial charge in [-0.2, -0.15) is 0 Å². The third-order valence-corrected chi connectivity index (χ3v) is 32.0. The molecule has 1 spiro atoms. The Kier molecular flexibility index (Phi) is 21.3. The molecule has 4 aromatic rings. The highest BCUT2D eigenvalue weighted by molar-refractivity contribution is 7.00. The molecule has 7 nitrogen and oxygen atoms in total. The molecule has 8 atom stereocenters. The zero-order valence-electron chi connectivity index (χ0n) is 52.9. The first kappa shape index (κ1) is 65.4. The molecule has 0 amide bonds. The fourth-order valence-electron chi connectivity index (χ4n) is 11.7. The van der Waals surface area contributed by atoms with Crippen LogP contribution in [0.2, 0.25) is 28.2 Å². The number of rotatable bonds is 22. The molecule has 438 valence electrons. The number of cyclic esters (lactones) is 1. The van der Waals surface area contributed by atoms with Gasteiger partial charge in [-0.1, -0.05) is 273 Å². The minimum absolute atomic E-state index is 0.0223. The van der Waals surface area contributed by atoms with E-state index in [0.717, 1.165) is 23.0 Å². The van der Waals surface area contributed by atoms with Crippen LogP contribution in [0.25, 0.3) is 0 Å². The summed E-state index contributed by atoms with van der Waals surface area (Å²) < 4.78 is 35.9. The lowest BCUT2D eigenvalue weighted by Crippen LogP contribution is -2.68. The van der Waals surface area contributed by atoms with Crippen LogP contribution >= 0.6 is 0 Å². The maximum absolute atomic E-state index is 14.6. The fraction of sp³-hybridized carbons (Fsp3) is 0.493. The maximum atomic E-state index is 14.6. The highest BCUT2D eigenvalue weighted by Crippen LogP contribution is 2.49. The van der Waals surface area contributed by atoms with Gasteiger partial charge in [0.1, 0.15) is 6.29 Å². The molecule has 0 saturated carbocycles. The summed E-state index contributed by atoms with van der Waals surface area (Å²) in [5.41, 5.74) is 1.66. The number of allylic oxidation sites excluding steroid dienone is 4. The van der Waals surface area contributed by atoms with Gasteiger partial charge in [0, 0.05) is 17.3 Å². The van der Waals surface area contributed by atoms with Crippen LogP contribution < -0.4 is 20.7 Å². The number of carbonyl (C=O) groups excluding carboxylic acids is 2. The molecular formula is C71H100O7Si3. The molecule has 1 aliphatic carbocycles. The van der Waals surface area contributed by atoms with Crippen LogP contribution in [0.5, 0.6) is 0 Å². The number of hydrogen-bond donors (Lipinski definition) is 0. The Balaban J connectivity index is 1.38. The second-order valence-electron chi connectivity index (χ2n) is 28.2. The molecule has 1 heterocycles. The highest BCUT2D eigenvalue weighted by Gasteiger charge is 2.60. The van der Waals surface area contributed by atoms with Gasteiger partial charge in [0.15, 0.2) is 13.9 Å². The van der Waals surface area contributed by atoms with Crippen molar-refractivity contribution >= 4 is 58.0 Å². The number of benzene rings is 4. The van der Waals surface area contributed by atoms with Gasteiger partial charge in [-0.3, -0.25) is 0 Å². The van der Waals surface area contributed by atoms with Crippen molar-refractivity contribution < 1.29 is 32.3 Å². The van der Waals surface area contributed by atoms with E-state index in [2.05, 4.69) is 288 Å². The summed E-state index contributed by atoms with van der Waals surface area (Å²) in [6.45, 7) is 42.6. The minimum atomic E-state index is -2.92. The van der Waals surface area contributed by atoms with Gasteiger partial charge in [0.25, 0.3) is 16.6 Å². The number of carbonyl (C=O) groups is 2. The summed E-state index contributed by atoms with van der Waals surface area (Å²) in [6, 6.07) is 43.1. The number of aldehydes is 1.